The van der Waals surface area contributed by atoms with E-state index in [0.29, 0.717) is 17.9 Å². The van der Waals surface area contributed by atoms with Crippen molar-refractivity contribution in [3.63, 3.8) is 0 Å². The van der Waals surface area contributed by atoms with E-state index in [2.05, 4.69) is 36.9 Å². The third-order valence-electron chi connectivity index (χ3n) is 5.36. The van der Waals surface area contributed by atoms with Crippen LogP contribution in [-0.2, 0) is 4.79 Å². The SMILES string of the molecule is COc1cccc(C(c2ccc(C)cc2C)N2CCCC2C(=O)O)c1OC. The summed E-state index contributed by atoms with van der Waals surface area (Å²) >= 11 is 0. The molecule has 0 bridgehead atoms. The highest BCUT2D eigenvalue weighted by molar-refractivity contribution is 5.74. The van der Waals surface area contributed by atoms with Gasteiger partial charge in [0.25, 0.3) is 0 Å². The van der Waals surface area contributed by atoms with E-state index in [9.17, 15) is 9.90 Å². The number of carbonyl (C=O) groups is 1. The van der Waals surface area contributed by atoms with Crippen molar-refractivity contribution in [1.82, 2.24) is 4.90 Å². The molecule has 5 heteroatoms. The number of aryl methyl sites for hydroxylation is 2. The lowest BCUT2D eigenvalue weighted by Gasteiger charge is -2.34. The summed E-state index contributed by atoms with van der Waals surface area (Å²) in [5, 5.41) is 9.77. The highest BCUT2D eigenvalue weighted by Gasteiger charge is 2.38. The minimum atomic E-state index is -0.774. The summed E-state index contributed by atoms with van der Waals surface area (Å²) in [7, 11) is 3.24. The van der Waals surface area contributed by atoms with Crippen LogP contribution in [0.2, 0.25) is 0 Å². The smallest absolute Gasteiger partial charge is 0.320 e. The topological polar surface area (TPSA) is 59.0 Å². The Morgan fingerprint density at radius 3 is 2.56 bits per heavy atom. The molecule has 0 amide bonds. The Labute approximate surface area is 160 Å². The molecule has 144 valence electrons. The molecule has 1 aliphatic rings. The molecule has 27 heavy (non-hydrogen) atoms. The van der Waals surface area contributed by atoms with Crippen molar-refractivity contribution in [3.8, 4) is 11.5 Å². The molecule has 2 aromatic carbocycles. The van der Waals surface area contributed by atoms with E-state index in [-0.39, 0.29) is 6.04 Å². The number of methoxy groups -OCH3 is 2. The molecule has 0 aliphatic carbocycles. The van der Waals surface area contributed by atoms with Crippen LogP contribution in [0.15, 0.2) is 36.4 Å². The molecular weight excluding hydrogens is 342 g/mol. The Morgan fingerprint density at radius 2 is 1.93 bits per heavy atom. The molecule has 2 unspecified atom stereocenters. The van der Waals surface area contributed by atoms with Crippen LogP contribution in [0.3, 0.4) is 0 Å². The summed E-state index contributed by atoms with van der Waals surface area (Å²) in [5.74, 6) is 0.529. The van der Waals surface area contributed by atoms with Gasteiger partial charge in [0.1, 0.15) is 6.04 Å². The van der Waals surface area contributed by atoms with Crippen molar-refractivity contribution in [2.75, 3.05) is 20.8 Å². The minimum absolute atomic E-state index is 0.209. The first kappa shape index (κ1) is 19.2. The second kappa shape index (κ2) is 8.01. The Balaban J connectivity index is 2.21. The number of aliphatic carboxylic acids is 1. The number of hydrogen-bond donors (Lipinski definition) is 1. The molecule has 5 nitrogen and oxygen atoms in total. The summed E-state index contributed by atoms with van der Waals surface area (Å²) < 4.78 is 11.2. The molecular formula is C22H27NO4. The van der Waals surface area contributed by atoms with Gasteiger partial charge >= 0.3 is 5.97 Å². The van der Waals surface area contributed by atoms with Crippen molar-refractivity contribution < 1.29 is 19.4 Å². The Hall–Kier alpha value is -2.53. The van der Waals surface area contributed by atoms with Crippen molar-refractivity contribution in [1.29, 1.82) is 0 Å². The number of hydrogen-bond acceptors (Lipinski definition) is 4. The van der Waals surface area contributed by atoms with Gasteiger partial charge in [-0.3, -0.25) is 9.69 Å². The van der Waals surface area contributed by atoms with Gasteiger partial charge in [-0.25, -0.2) is 0 Å². The Bertz CT molecular complexity index is 833. The number of carboxylic acids is 1. The van der Waals surface area contributed by atoms with Gasteiger partial charge in [-0.15, -0.1) is 0 Å². The van der Waals surface area contributed by atoms with Crippen LogP contribution in [0.1, 0.15) is 41.1 Å². The Morgan fingerprint density at radius 1 is 1.15 bits per heavy atom. The highest BCUT2D eigenvalue weighted by atomic mass is 16.5. The minimum Gasteiger partial charge on any atom is -0.493 e. The summed E-state index contributed by atoms with van der Waals surface area (Å²) in [6, 6.07) is 11.4. The fraction of sp³-hybridized carbons (Fsp3) is 0.409. The van der Waals surface area contributed by atoms with Gasteiger partial charge in [-0.1, -0.05) is 35.9 Å². The van der Waals surface area contributed by atoms with Crippen molar-refractivity contribution >= 4 is 5.97 Å². The van der Waals surface area contributed by atoms with E-state index in [1.165, 1.54) is 5.56 Å². The summed E-state index contributed by atoms with van der Waals surface area (Å²) in [6.07, 6.45) is 1.52. The molecule has 1 aliphatic heterocycles. The fourth-order valence-electron chi connectivity index (χ4n) is 4.15. The first-order chi connectivity index (χ1) is 13.0. The van der Waals surface area contributed by atoms with Crippen molar-refractivity contribution in [3.05, 3.63) is 58.7 Å². The molecule has 0 saturated carbocycles. The number of benzene rings is 2. The summed E-state index contributed by atoms with van der Waals surface area (Å²) in [5.41, 5.74) is 4.35. The maximum Gasteiger partial charge on any atom is 0.320 e. The number of likely N-dealkylation sites (tertiary alicyclic amines) is 1. The first-order valence-corrected chi connectivity index (χ1v) is 9.24. The molecule has 2 aromatic rings. The average molecular weight is 369 g/mol. The van der Waals surface area contributed by atoms with Gasteiger partial charge < -0.3 is 14.6 Å². The van der Waals surface area contributed by atoms with Crippen molar-refractivity contribution in [2.45, 2.75) is 38.8 Å². The van der Waals surface area contributed by atoms with Gasteiger partial charge in [-0.05, 0) is 43.9 Å². The van der Waals surface area contributed by atoms with Gasteiger partial charge in [0.15, 0.2) is 11.5 Å². The molecule has 0 aromatic heterocycles. The number of rotatable bonds is 6. The zero-order chi connectivity index (χ0) is 19.6. The second-order valence-corrected chi connectivity index (χ2v) is 7.08. The number of carboxylic acid groups (broad SMARTS) is 1. The maximum absolute atomic E-state index is 11.9. The molecule has 3 rings (SSSR count). The highest BCUT2D eigenvalue weighted by Crippen LogP contribution is 2.43. The van der Waals surface area contributed by atoms with Gasteiger partial charge in [0.05, 0.1) is 20.3 Å². The maximum atomic E-state index is 11.9. The van der Waals surface area contributed by atoms with E-state index in [4.69, 9.17) is 9.47 Å². The van der Waals surface area contributed by atoms with E-state index in [1.807, 2.05) is 18.2 Å². The van der Waals surface area contributed by atoms with Crippen LogP contribution in [-0.4, -0.2) is 42.8 Å². The van der Waals surface area contributed by atoms with Crippen LogP contribution in [0, 0.1) is 13.8 Å². The zero-order valence-corrected chi connectivity index (χ0v) is 16.4. The van der Waals surface area contributed by atoms with Gasteiger partial charge in [0.2, 0.25) is 0 Å². The number of para-hydroxylation sites is 1. The van der Waals surface area contributed by atoms with Crippen LogP contribution < -0.4 is 9.47 Å². The van der Waals surface area contributed by atoms with Crippen molar-refractivity contribution in [2.24, 2.45) is 0 Å². The molecule has 0 radical (unpaired) electrons. The van der Waals surface area contributed by atoms with Gasteiger partial charge in [0, 0.05) is 12.1 Å². The molecule has 1 N–H and O–H groups in total. The monoisotopic (exact) mass is 369 g/mol. The van der Waals surface area contributed by atoms with E-state index in [1.54, 1.807) is 14.2 Å². The van der Waals surface area contributed by atoms with E-state index in [0.717, 1.165) is 29.7 Å². The lowest BCUT2D eigenvalue weighted by Crippen LogP contribution is -2.39. The molecule has 1 fully saturated rings. The predicted molar refractivity (Wildman–Crippen MR) is 105 cm³/mol. The predicted octanol–water partition coefficient (Wildman–Crippen LogP) is 3.96. The van der Waals surface area contributed by atoms with E-state index >= 15 is 0 Å². The molecule has 1 saturated heterocycles. The fourth-order valence-corrected chi connectivity index (χ4v) is 4.15. The third-order valence-corrected chi connectivity index (χ3v) is 5.36. The quantitative estimate of drug-likeness (QED) is 0.835. The third kappa shape index (κ3) is 3.65. The number of nitrogens with zero attached hydrogens (tertiary/aromatic N) is 1. The standard InChI is InChI=1S/C22H27NO4/c1-14-10-11-16(15(2)13-14)20(23-12-6-8-18(23)22(24)25)17-7-5-9-19(26-3)21(17)27-4/h5,7,9-11,13,18,20H,6,8,12H2,1-4H3,(H,24,25). The van der Waals surface area contributed by atoms with Crippen LogP contribution in [0.25, 0.3) is 0 Å². The van der Waals surface area contributed by atoms with Crippen LogP contribution in [0.4, 0.5) is 0 Å². The summed E-state index contributed by atoms with van der Waals surface area (Å²) in [4.78, 5) is 14.0. The van der Waals surface area contributed by atoms with Gasteiger partial charge in [-0.2, -0.15) is 0 Å². The second-order valence-electron chi connectivity index (χ2n) is 7.08. The summed E-state index contributed by atoms with van der Waals surface area (Å²) in [6.45, 7) is 4.87. The van der Waals surface area contributed by atoms with E-state index < -0.39 is 12.0 Å². The van der Waals surface area contributed by atoms with Crippen LogP contribution in [0.5, 0.6) is 11.5 Å². The zero-order valence-electron chi connectivity index (χ0n) is 16.4. The number of ether oxygens (including phenoxy) is 2. The largest absolute Gasteiger partial charge is 0.493 e. The lowest BCUT2D eigenvalue weighted by molar-refractivity contribution is -0.142. The average Bonchev–Trinajstić information content (AvgIpc) is 3.13. The van der Waals surface area contributed by atoms with Crippen LogP contribution >= 0.6 is 0 Å². The first-order valence-electron chi connectivity index (χ1n) is 9.24. The molecule has 0 spiro atoms. The lowest BCUT2D eigenvalue weighted by atomic mass is 9.91. The molecule has 2 atom stereocenters. The normalized spacial score (nSPS) is 18.3. The molecule has 1 heterocycles. The Kier molecular flexibility index (Phi) is 5.71.